The fraction of sp³-hybridized carbons (Fsp3) is 0.125. The summed E-state index contributed by atoms with van der Waals surface area (Å²) in [6, 6.07) is 0. The van der Waals surface area contributed by atoms with Crippen LogP contribution in [-0.2, 0) is 0 Å². The molecule has 0 bridgehead atoms. The van der Waals surface area contributed by atoms with Crippen LogP contribution in [0.15, 0.2) is 9.00 Å². The maximum atomic E-state index is 11.8. The van der Waals surface area contributed by atoms with Crippen LogP contribution in [0, 0.1) is 10.9 Å². The topological polar surface area (TPSA) is 32.9 Å². The minimum Gasteiger partial charge on any atom is -0.329 e. The van der Waals surface area contributed by atoms with E-state index in [-0.39, 0.29) is 4.74 Å². The number of fused-ring (bicyclic) bond motifs is 1. The van der Waals surface area contributed by atoms with Crippen LogP contribution < -0.4 is 4.74 Å². The highest BCUT2D eigenvalue weighted by Crippen LogP contribution is 2.36. The van der Waals surface area contributed by atoms with Crippen molar-refractivity contribution in [2.75, 3.05) is 0 Å². The van der Waals surface area contributed by atoms with E-state index < -0.39 is 0 Å². The number of thioether (sulfide) groups is 1. The molecule has 0 atom stereocenters. The Morgan fingerprint density at radius 3 is 2.81 bits per heavy atom. The Kier molecular flexibility index (Phi) is 3.87. The van der Waals surface area contributed by atoms with Crippen LogP contribution in [0.5, 0.6) is 0 Å². The lowest BCUT2D eigenvalue weighted by Gasteiger charge is -1.93. The fourth-order valence-corrected chi connectivity index (χ4v) is 5.35. The second kappa shape index (κ2) is 4.87. The van der Waals surface area contributed by atoms with Gasteiger partial charge in [0.25, 0.3) is 0 Å². The number of rotatable bonds is 1. The molecule has 0 unspecified atom stereocenters. The van der Waals surface area contributed by atoms with E-state index in [0.29, 0.717) is 7.48 Å². The number of nitrogens with one attached hydrogen (secondary N) is 1. The summed E-state index contributed by atoms with van der Waals surface area (Å²) < 4.78 is 2.05. The van der Waals surface area contributed by atoms with E-state index in [1.165, 1.54) is 23.1 Å². The van der Waals surface area contributed by atoms with E-state index in [9.17, 15) is 4.79 Å². The lowest BCUT2D eigenvalue weighted by molar-refractivity contribution is 1.44. The van der Waals surface area contributed by atoms with Crippen LogP contribution >= 0.6 is 71.5 Å². The van der Waals surface area contributed by atoms with Crippen molar-refractivity contribution >= 4 is 85.2 Å². The number of thiophene rings is 1. The second-order valence-electron chi connectivity index (χ2n) is 2.89. The summed E-state index contributed by atoms with van der Waals surface area (Å²) in [5.41, 5.74) is 0.953. The van der Waals surface area contributed by atoms with Gasteiger partial charge in [0.15, 0.2) is 3.95 Å². The van der Waals surface area contributed by atoms with Crippen molar-refractivity contribution in [2.45, 2.75) is 11.1 Å². The molecule has 16 heavy (non-hydrogen) atoms. The number of thiocarbonyl (C=S) groups is 1. The molecular formula is C8H5NOS6. The molecule has 8 heteroatoms. The maximum Gasteiger partial charge on any atom is 0.245 e. The van der Waals surface area contributed by atoms with E-state index in [2.05, 4.69) is 17.6 Å². The van der Waals surface area contributed by atoms with Gasteiger partial charge in [-0.05, 0) is 24.7 Å². The number of thiol groups is 1. The highest BCUT2D eigenvalue weighted by Gasteiger charge is 2.13. The van der Waals surface area contributed by atoms with Crippen molar-refractivity contribution in [3.05, 3.63) is 19.1 Å². The Morgan fingerprint density at radius 2 is 2.19 bits per heavy atom. The van der Waals surface area contributed by atoms with Gasteiger partial charge in [-0.3, -0.25) is 4.79 Å². The van der Waals surface area contributed by atoms with Gasteiger partial charge in [-0.25, -0.2) is 0 Å². The number of aromatic amines is 1. The van der Waals surface area contributed by atoms with Crippen molar-refractivity contribution in [1.29, 1.82) is 0 Å². The van der Waals surface area contributed by atoms with Gasteiger partial charge in [-0.2, -0.15) is 0 Å². The summed E-state index contributed by atoms with van der Waals surface area (Å²) in [4.78, 5) is 15.7. The Labute approximate surface area is 120 Å². The van der Waals surface area contributed by atoms with Crippen molar-refractivity contribution < 1.29 is 0 Å². The van der Waals surface area contributed by atoms with Gasteiger partial charge in [0.1, 0.15) is 8.36 Å². The number of H-pyrrole nitrogens is 1. The van der Waals surface area contributed by atoms with E-state index in [1.807, 2.05) is 6.92 Å². The zero-order valence-corrected chi connectivity index (χ0v) is 12.9. The second-order valence-corrected chi connectivity index (χ2v) is 8.56. The molecular weight excluding hydrogens is 318 g/mol. The maximum absolute atomic E-state index is 11.8. The zero-order valence-electron chi connectivity index (χ0n) is 7.90. The minimum atomic E-state index is 0.00410. The normalized spacial score (nSPS) is 10.9. The predicted octanol–water partition coefficient (Wildman–Crippen LogP) is 4.00. The Balaban J connectivity index is 2.78. The molecule has 0 aliphatic carbocycles. The summed E-state index contributed by atoms with van der Waals surface area (Å²) >= 11 is 17.9. The van der Waals surface area contributed by atoms with Crippen LogP contribution in [0.1, 0.15) is 5.56 Å². The number of hydrogen-bond donors (Lipinski definition) is 2. The smallest absolute Gasteiger partial charge is 0.245 e. The summed E-state index contributed by atoms with van der Waals surface area (Å²) in [5.74, 6) is 0. The molecule has 0 saturated carbocycles. The van der Waals surface area contributed by atoms with Gasteiger partial charge in [-0.1, -0.05) is 35.3 Å². The van der Waals surface area contributed by atoms with E-state index in [0.717, 1.165) is 31.3 Å². The standard InChI is InChI=1S/C8H5NOS6/c1-2-3-4(9-7(11)15-5(3)10)14-6(2)16-8(12)13/h1H3,(H,9,11)(H,12,13). The molecule has 84 valence electrons. The van der Waals surface area contributed by atoms with E-state index in [1.54, 1.807) is 0 Å². The lowest BCUT2D eigenvalue weighted by Crippen LogP contribution is -1.95. The van der Waals surface area contributed by atoms with Crippen molar-refractivity contribution in [1.82, 2.24) is 4.98 Å². The summed E-state index contributed by atoms with van der Waals surface area (Å²) in [6.07, 6.45) is 0. The van der Waals surface area contributed by atoms with E-state index >= 15 is 0 Å². The molecule has 2 heterocycles. The molecule has 2 rings (SSSR count). The molecule has 2 aromatic heterocycles. The Hall–Kier alpha value is 0.270. The van der Waals surface area contributed by atoms with Gasteiger partial charge in [0.2, 0.25) is 4.74 Å². The Morgan fingerprint density at radius 1 is 1.50 bits per heavy atom. The van der Waals surface area contributed by atoms with Gasteiger partial charge in [0, 0.05) is 0 Å². The average Bonchev–Trinajstić information content (AvgIpc) is 2.41. The molecule has 0 aliphatic rings. The fourth-order valence-electron chi connectivity index (χ4n) is 1.26. The highest BCUT2D eigenvalue weighted by atomic mass is 32.2. The molecule has 0 aromatic carbocycles. The Bertz CT molecular complexity index is 678. The quantitative estimate of drug-likeness (QED) is 0.472. The summed E-state index contributed by atoms with van der Waals surface area (Å²) in [5, 5.41) is 0.718. The number of aryl methyl sites for hydroxylation is 1. The van der Waals surface area contributed by atoms with Gasteiger partial charge in [0.05, 0.1) is 9.60 Å². The third kappa shape index (κ3) is 2.41. The van der Waals surface area contributed by atoms with Crippen LogP contribution in [-0.4, -0.2) is 8.51 Å². The molecule has 1 N–H and O–H groups in total. The van der Waals surface area contributed by atoms with Gasteiger partial charge in [-0.15, -0.1) is 24.0 Å². The molecule has 2 aromatic rings. The first-order chi connectivity index (χ1) is 7.49. The van der Waals surface area contributed by atoms with Crippen LogP contribution in [0.3, 0.4) is 0 Å². The van der Waals surface area contributed by atoms with Crippen molar-refractivity contribution in [3.63, 3.8) is 0 Å². The molecule has 0 spiro atoms. The molecule has 0 amide bonds. The third-order valence-electron chi connectivity index (χ3n) is 1.89. The molecule has 0 aliphatic heterocycles. The van der Waals surface area contributed by atoms with Gasteiger partial charge >= 0.3 is 0 Å². The van der Waals surface area contributed by atoms with Crippen LogP contribution in [0.25, 0.3) is 10.2 Å². The first-order valence-corrected chi connectivity index (χ1v) is 7.77. The number of hydrogen-bond acceptors (Lipinski definition) is 6. The predicted molar refractivity (Wildman–Crippen MR) is 83.3 cm³/mol. The molecule has 0 radical (unpaired) electrons. The molecule has 0 fully saturated rings. The molecule has 0 saturated heterocycles. The average molecular weight is 324 g/mol. The zero-order chi connectivity index (χ0) is 11.9. The van der Waals surface area contributed by atoms with Crippen molar-refractivity contribution in [3.8, 4) is 0 Å². The summed E-state index contributed by atoms with van der Waals surface area (Å²) in [6.45, 7) is 1.91. The van der Waals surface area contributed by atoms with Crippen molar-refractivity contribution in [2.24, 2.45) is 0 Å². The highest BCUT2D eigenvalue weighted by molar-refractivity contribution is 8.42. The largest absolute Gasteiger partial charge is 0.329 e. The van der Waals surface area contributed by atoms with Crippen LogP contribution in [0.2, 0.25) is 0 Å². The lowest BCUT2D eigenvalue weighted by atomic mass is 10.3. The first-order valence-electron chi connectivity index (χ1n) is 4.06. The third-order valence-corrected chi connectivity index (χ3v) is 5.61. The van der Waals surface area contributed by atoms with Crippen LogP contribution in [0.4, 0.5) is 0 Å². The SMILES string of the molecule is Cc1c(SC(=S)S)sc2[nH]c(=S)sc(=O)c12. The monoisotopic (exact) mass is 323 g/mol. The first kappa shape index (κ1) is 12.7. The molecule has 2 nitrogen and oxygen atoms in total. The van der Waals surface area contributed by atoms with E-state index in [4.69, 9.17) is 24.4 Å². The number of aromatic nitrogens is 1. The minimum absolute atomic E-state index is 0.00410. The summed E-state index contributed by atoms with van der Waals surface area (Å²) in [7, 11) is 0. The van der Waals surface area contributed by atoms with Gasteiger partial charge < -0.3 is 4.98 Å².